The molecule has 2 heterocycles. The van der Waals surface area contributed by atoms with Crippen LogP contribution in [0.2, 0.25) is 0 Å². The maximum Gasteiger partial charge on any atom is 0.335 e. The molecule has 2 aliphatic heterocycles. The van der Waals surface area contributed by atoms with Gasteiger partial charge in [-0.1, -0.05) is 13.3 Å². The van der Waals surface area contributed by atoms with E-state index in [2.05, 4.69) is 17.1 Å². The van der Waals surface area contributed by atoms with Gasteiger partial charge in [-0.05, 0) is 37.6 Å². The number of nitrogens with one attached hydrogen (secondary N) is 1. The van der Waals surface area contributed by atoms with Gasteiger partial charge in [-0.25, -0.2) is 4.79 Å². The van der Waals surface area contributed by atoms with Gasteiger partial charge in [0.2, 0.25) is 0 Å². The van der Waals surface area contributed by atoms with Crippen molar-refractivity contribution in [1.29, 1.82) is 0 Å². The Bertz CT molecular complexity index is 349. The smallest absolute Gasteiger partial charge is 0.335 e. The molecule has 0 aromatic carbocycles. The minimum absolute atomic E-state index is 0.0383. The number of likely N-dealkylation sites (tertiary alicyclic amines) is 1. The minimum Gasteiger partial charge on any atom is -0.478 e. The summed E-state index contributed by atoms with van der Waals surface area (Å²) in [6.07, 6.45) is 10.0. The molecule has 17 heavy (non-hydrogen) atoms. The van der Waals surface area contributed by atoms with Crippen LogP contribution in [0.3, 0.4) is 0 Å². The van der Waals surface area contributed by atoms with E-state index in [1.165, 1.54) is 19.3 Å². The molecule has 0 radical (unpaired) electrons. The number of aliphatic carboxylic acids is 1. The van der Waals surface area contributed by atoms with Crippen molar-refractivity contribution in [3.8, 4) is 0 Å². The van der Waals surface area contributed by atoms with E-state index in [-0.39, 0.29) is 6.17 Å². The average Bonchev–Trinajstić information content (AvgIpc) is 2.39. The number of nitrogens with zero attached hydrogens (tertiary/aromatic N) is 1. The highest BCUT2D eigenvalue weighted by Gasteiger charge is 2.27. The van der Waals surface area contributed by atoms with Crippen molar-refractivity contribution < 1.29 is 9.90 Å². The summed E-state index contributed by atoms with van der Waals surface area (Å²) >= 11 is 0. The third-order valence-corrected chi connectivity index (χ3v) is 3.62. The zero-order valence-electron chi connectivity index (χ0n) is 10.2. The number of dihydropyridines is 1. The van der Waals surface area contributed by atoms with Gasteiger partial charge in [-0.2, -0.15) is 0 Å². The second kappa shape index (κ2) is 5.36. The lowest BCUT2D eigenvalue weighted by Crippen LogP contribution is -2.51. The molecule has 0 saturated carbocycles. The van der Waals surface area contributed by atoms with Crippen LogP contribution in [0.5, 0.6) is 0 Å². The van der Waals surface area contributed by atoms with Gasteiger partial charge in [0.1, 0.15) is 0 Å². The normalized spacial score (nSPS) is 29.6. The van der Waals surface area contributed by atoms with Gasteiger partial charge in [-0.15, -0.1) is 0 Å². The first-order chi connectivity index (χ1) is 8.22. The van der Waals surface area contributed by atoms with E-state index in [1.54, 1.807) is 12.3 Å². The predicted molar refractivity (Wildman–Crippen MR) is 66.4 cm³/mol. The molecule has 94 valence electrons. The van der Waals surface area contributed by atoms with Crippen molar-refractivity contribution in [2.75, 3.05) is 6.54 Å². The SMILES string of the molecule is CC[C@H]1CCCCN1C1C=C(C(=O)O)C=CN1. The second-order valence-electron chi connectivity index (χ2n) is 4.67. The summed E-state index contributed by atoms with van der Waals surface area (Å²) in [5, 5.41) is 12.3. The third-order valence-electron chi connectivity index (χ3n) is 3.62. The molecule has 0 aromatic heterocycles. The van der Waals surface area contributed by atoms with Crippen molar-refractivity contribution in [1.82, 2.24) is 10.2 Å². The van der Waals surface area contributed by atoms with Crippen LogP contribution in [-0.2, 0) is 4.79 Å². The maximum atomic E-state index is 11.0. The van der Waals surface area contributed by atoms with E-state index in [1.807, 2.05) is 6.08 Å². The van der Waals surface area contributed by atoms with E-state index >= 15 is 0 Å². The third kappa shape index (κ3) is 2.69. The molecule has 0 spiro atoms. The molecule has 4 heteroatoms. The molecule has 2 N–H and O–H groups in total. The zero-order valence-corrected chi connectivity index (χ0v) is 10.2. The summed E-state index contributed by atoms with van der Waals surface area (Å²) in [6, 6.07) is 0.569. The number of rotatable bonds is 3. The van der Waals surface area contributed by atoms with Crippen LogP contribution in [0, 0.1) is 0 Å². The molecule has 1 unspecified atom stereocenters. The summed E-state index contributed by atoms with van der Waals surface area (Å²) in [5.74, 6) is -0.849. The summed E-state index contributed by atoms with van der Waals surface area (Å²) in [7, 11) is 0. The zero-order chi connectivity index (χ0) is 12.3. The average molecular weight is 236 g/mol. The summed E-state index contributed by atoms with van der Waals surface area (Å²) in [6.45, 7) is 3.25. The van der Waals surface area contributed by atoms with Crippen LogP contribution in [0.1, 0.15) is 32.6 Å². The number of hydrogen-bond donors (Lipinski definition) is 2. The standard InChI is InChI=1S/C13H20N2O2/c1-2-11-5-3-4-8-15(11)12-9-10(13(16)17)6-7-14-12/h6-7,9,11-12,14H,2-5,8H2,1H3,(H,16,17)/t11-,12?/m0/s1. The second-order valence-corrected chi connectivity index (χ2v) is 4.67. The Morgan fingerprint density at radius 1 is 1.59 bits per heavy atom. The topological polar surface area (TPSA) is 52.6 Å². The van der Waals surface area contributed by atoms with Crippen LogP contribution in [0.25, 0.3) is 0 Å². The summed E-state index contributed by atoms with van der Waals surface area (Å²) < 4.78 is 0. The molecule has 0 bridgehead atoms. The molecular weight excluding hydrogens is 216 g/mol. The number of hydrogen-bond acceptors (Lipinski definition) is 3. The number of carbonyl (C=O) groups is 1. The van der Waals surface area contributed by atoms with E-state index in [9.17, 15) is 4.79 Å². The molecule has 2 aliphatic rings. The molecule has 1 fully saturated rings. The number of carboxylic acids is 1. The summed E-state index contributed by atoms with van der Waals surface area (Å²) in [5.41, 5.74) is 0.383. The van der Waals surface area contributed by atoms with Crippen molar-refractivity contribution in [2.24, 2.45) is 0 Å². The van der Waals surface area contributed by atoms with Crippen LogP contribution in [0.15, 0.2) is 23.9 Å². The molecule has 0 aromatic rings. The fourth-order valence-electron chi connectivity index (χ4n) is 2.67. The number of carboxylic acid groups (broad SMARTS) is 1. The minimum atomic E-state index is -0.849. The van der Waals surface area contributed by atoms with Crippen molar-refractivity contribution in [3.63, 3.8) is 0 Å². The molecule has 2 atom stereocenters. The Hall–Kier alpha value is -1.29. The quantitative estimate of drug-likeness (QED) is 0.783. The monoisotopic (exact) mass is 236 g/mol. The Kier molecular flexibility index (Phi) is 3.84. The van der Waals surface area contributed by atoms with Gasteiger partial charge in [0, 0.05) is 12.6 Å². The molecular formula is C13H20N2O2. The van der Waals surface area contributed by atoms with E-state index < -0.39 is 5.97 Å². The highest BCUT2D eigenvalue weighted by molar-refractivity contribution is 5.90. The van der Waals surface area contributed by atoms with Crippen LogP contribution in [0.4, 0.5) is 0 Å². The molecule has 1 saturated heterocycles. The van der Waals surface area contributed by atoms with Gasteiger partial charge >= 0.3 is 5.97 Å². The fourth-order valence-corrected chi connectivity index (χ4v) is 2.67. The Morgan fingerprint density at radius 3 is 3.12 bits per heavy atom. The Morgan fingerprint density at radius 2 is 2.41 bits per heavy atom. The first-order valence-corrected chi connectivity index (χ1v) is 6.36. The van der Waals surface area contributed by atoms with Gasteiger partial charge < -0.3 is 10.4 Å². The first-order valence-electron chi connectivity index (χ1n) is 6.36. The summed E-state index contributed by atoms with van der Waals surface area (Å²) in [4.78, 5) is 13.4. The van der Waals surface area contributed by atoms with Crippen LogP contribution in [-0.4, -0.2) is 34.7 Å². The molecule has 0 amide bonds. The van der Waals surface area contributed by atoms with Crippen molar-refractivity contribution >= 4 is 5.97 Å². The fraction of sp³-hybridized carbons (Fsp3) is 0.615. The van der Waals surface area contributed by atoms with Crippen molar-refractivity contribution in [2.45, 2.75) is 44.8 Å². The first kappa shape index (κ1) is 12.2. The van der Waals surface area contributed by atoms with E-state index in [0.717, 1.165) is 13.0 Å². The maximum absolute atomic E-state index is 11.0. The van der Waals surface area contributed by atoms with E-state index in [4.69, 9.17) is 5.11 Å². The Balaban J connectivity index is 2.11. The lowest BCUT2D eigenvalue weighted by atomic mass is 9.98. The Labute approximate surface area is 102 Å². The van der Waals surface area contributed by atoms with Gasteiger partial charge in [0.25, 0.3) is 0 Å². The van der Waals surface area contributed by atoms with Gasteiger partial charge in [0.05, 0.1) is 11.7 Å². The predicted octanol–water partition coefficient (Wildman–Crippen LogP) is 1.70. The molecule has 2 rings (SSSR count). The van der Waals surface area contributed by atoms with Crippen LogP contribution >= 0.6 is 0 Å². The van der Waals surface area contributed by atoms with Gasteiger partial charge in [-0.3, -0.25) is 4.90 Å². The lowest BCUT2D eigenvalue weighted by molar-refractivity contribution is -0.132. The van der Waals surface area contributed by atoms with Crippen molar-refractivity contribution in [3.05, 3.63) is 23.9 Å². The molecule has 4 nitrogen and oxygen atoms in total. The molecule has 0 aliphatic carbocycles. The van der Waals surface area contributed by atoms with Crippen LogP contribution < -0.4 is 5.32 Å². The van der Waals surface area contributed by atoms with Gasteiger partial charge in [0.15, 0.2) is 0 Å². The van der Waals surface area contributed by atoms with E-state index in [0.29, 0.717) is 11.6 Å². The highest BCUT2D eigenvalue weighted by atomic mass is 16.4. The number of piperidine rings is 1. The lowest BCUT2D eigenvalue weighted by Gasteiger charge is -2.40. The largest absolute Gasteiger partial charge is 0.478 e. The highest BCUT2D eigenvalue weighted by Crippen LogP contribution is 2.23.